The lowest BCUT2D eigenvalue weighted by Crippen LogP contribution is -2.16. The monoisotopic (exact) mass is 500 g/mol. The quantitative estimate of drug-likeness (QED) is 0.253. The number of anilines is 3. The Morgan fingerprint density at radius 1 is 0.861 bits per heavy atom. The summed E-state index contributed by atoms with van der Waals surface area (Å²) >= 11 is 0. The number of hydrogen-bond donors (Lipinski definition) is 3. The molecule has 0 aliphatic heterocycles. The van der Waals surface area contributed by atoms with Crippen LogP contribution in [0, 0.1) is 0 Å². The third kappa shape index (κ3) is 5.53. The summed E-state index contributed by atoms with van der Waals surface area (Å²) in [6, 6.07) is 22.7. The van der Waals surface area contributed by atoms with Crippen molar-refractivity contribution in [1.82, 2.24) is 3.97 Å². The summed E-state index contributed by atoms with van der Waals surface area (Å²) in [5.41, 5.74) is 9.07. The van der Waals surface area contributed by atoms with Crippen molar-refractivity contribution >= 4 is 45.0 Å². The molecule has 9 heteroatoms. The standard InChI is InChI=1S/C27H24N4O4S/c1-19(32)29-25-17-22(21-7-3-2-4-8-21)12-13-26(25)36(34,35)31-16-15-20(18-31)11-14-27(33)30-24-10-6-5-9-23(24)28/h2-18H,28H2,1H3,(H,29,32)(H,30,33)/b14-11+. The number of aromatic nitrogens is 1. The minimum Gasteiger partial charge on any atom is -0.397 e. The SMILES string of the molecule is CC(=O)Nc1cc(-c2ccccc2)ccc1S(=O)(=O)n1ccc(/C=C/C(=O)Nc2ccccc2N)c1. The third-order valence-corrected chi connectivity index (χ3v) is 6.98. The van der Waals surface area contributed by atoms with E-state index in [0.717, 1.165) is 15.1 Å². The van der Waals surface area contributed by atoms with Gasteiger partial charge in [0.15, 0.2) is 0 Å². The minimum atomic E-state index is -4.04. The zero-order valence-corrected chi connectivity index (χ0v) is 20.2. The highest BCUT2D eigenvalue weighted by Crippen LogP contribution is 2.30. The molecule has 0 unspecified atom stereocenters. The van der Waals surface area contributed by atoms with Crippen molar-refractivity contribution in [3.8, 4) is 11.1 Å². The van der Waals surface area contributed by atoms with E-state index in [0.29, 0.717) is 16.9 Å². The Labute approximate surface area is 209 Å². The smallest absolute Gasteiger partial charge is 0.269 e. The normalized spacial score (nSPS) is 11.4. The lowest BCUT2D eigenvalue weighted by Gasteiger charge is -2.13. The Kier molecular flexibility index (Phi) is 7.03. The van der Waals surface area contributed by atoms with Crippen molar-refractivity contribution in [1.29, 1.82) is 0 Å². The van der Waals surface area contributed by atoms with Crippen LogP contribution in [0.3, 0.4) is 0 Å². The Bertz CT molecular complexity index is 1560. The van der Waals surface area contributed by atoms with E-state index >= 15 is 0 Å². The molecular weight excluding hydrogens is 476 g/mol. The van der Waals surface area contributed by atoms with Crippen molar-refractivity contribution in [2.24, 2.45) is 0 Å². The maximum absolute atomic E-state index is 13.4. The number of nitrogens with zero attached hydrogens (tertiary/aromatic N) is 1. The number of carbonyl (C=O) groups excluding carboxylic acids is 2. The molecule has 0 atom stereocenters. The fourth-order valence-corrected chi connectivity index (χ4v) is 4.90. The molecule has 1 heterocycles. The van der Waals surface area contributed by atoms with Crippen LogP contribution >= 0.6 is 0 Å². The van der Waals surface area contributed by atoms with Gasteiger partial charge in [0.25, 0.3) is 10.0 Å². The van der Waals surface area contributed by atoms with Crippen molar-refractivity contribution in [2.75, 3.05) is 16.4 Å². The second kappa shape index (κ2) is 10.3. The molecular formula is C27H24N4O4S. The fourth-order valence-electron chi connectivity index (χ4n) is 3.56. The van der Waals surface area contributed by atoms with Gasteiger partial charge in [0, 0.05) is 25.4 Å². The predicted octanol–water partition coefficient (Wildman–Crippen LogP) is 4.58. The van der Waals surface area contributed by atoms with Gasteiger partial charge in [0.05, 0.1) is 17.1 Å². The lowest BCUT2D eigenvalue weighted by molar-refractivity contribution is -0.114. The van der Waals surface area contributed by atoms with E-state index in [4.69, 9.17) is 5.73 Å². The first-order valence-corrected chi connectivity index (χ1v) is 12.4. The van der Waals surface area contributed by atoms with Crippen LogP contribution in [0.25, 0.3) is 17.2 Å². The second-order valence-electron chi connectivity index (χ2n) is 7.95. The highest BCUT2D eigenvalue weighted by atomic mass is 32.2. The van der Waals surface area contributed by atoms with Gasteiger partial charge >= 0.3 is 0 Å². The van der Waals surface area contributed by atoms with Crippen molar-refractivity contribution in [3.63, 3.8) is 0 Å². The van der Waals surface area contributed by atoms with Gasteiger partial charge < -0.3 is 16.4 Å². The van der Waals surface area contributed by atoms with Crippen molar-refractivity contribution < 1.29 is 18.0 Å². The summed E-state index contributed by atoms with van der Waals surface area (Å²) in [5.74, 6) is -0.800. The second-order valence-corrected chi connectivity index (χ2v) is 9.76. The van der Waals surface area contributed by atoms with Gasteiger partial charge in [-0.3, -0.25) is 9.59 Å². The topological polar surface area (TPSA) is 123 Å². The first-order valence-electron chi connectivity index (χ1n) is 11.0. The Morgan fingerprint density at radius 3 is 2.31 bits per heavy atom. The molecule has 0 saturated heterocycles. The largest absolute Gasteiger partial charge is 0.397 e. The lowest BCUT2D eigenvalue weighted by atomic mass is 10.1. The third-order valence-electron chi connectivity index (χ3n) is 5.29. The molecule has 0 spiro atoms. The van der Waals surface area contributed by atoms with Crippen LogP contribution in [0.15, 0.2) is 102 Å². The van der Waals surface area contributed by atoms with Crippen LogP contribution in [0.1, 0.15) is 12.5 Å². The molecule has 0 bridgehead atoms. The van der Waals surface area contributed by atoms with Gasteiger partial charge in [-0.15, -0.1) is 0 Å². The number of amides is 2. The van der Waals surface area contributed by atoms with E-state index in [1.165, 1.54) is 37.5 Å². The van der Waals surface area contributed by atoms with Crippen LogP contribution in [0.5, 0.6) is 0 Å². The number of hydrogen-bond acceptors (Lipinski definition) is 5. The average molecular weight is 501 g/mol. The number of nitrogen functional groups attached to an aromatic ring is 1. The van der Waals surface area contributed by atoms with E-state index < -0.39 is 21.8 Å². The maximum Gasteiger partial charge on any atom is 0.269 e. The van der Waals surface area contributed by atoms with E-state index in [1.54, 1.807) is 42.5 Å². The molecule has 36 heavy (non-hydrogen) atoms. The van der Waals surface area contributed by atoms with Gasteiger partial charge in [-0.2, -0.15) is 0 Å². The zero-order valence-electron chi connectivity index (χ0n) is 19.4. The average Bonchev–Trinajstić information content (AvgIpc) is 3.34. The molecule has 2 amide bonds. The molecule has 0 radical (unpaired) electrons. The number of para-hydroxylation sites is 2. The predicted molar refractivity (Wildman–Crippen MR) is 142 cm³/mol. The van der Waals surface area contributed by atoms with E-state index in [2.05, 4.69) is 10.6 Å². The highest BCUT2D eigenvalue weighted by Gasteiger charge is 2.22. The van der Waals surface area contributed by atoms with Gasteiger partial charge in [0.2, 0.25) is 11.8 Å². The van der Waals surface area contributed by atoms with E-state index in [9.17, 15) is 18.0 Å². The summed E-state index contributed by atoms with van der Waals surface area (Å²) in [7, 11) is -4.04. The molecule has 182 valence electrons. The van der Waals surface area contributed by atoms with Crippen LogP contribution in [0.2, 0.25) is 0 Å². The Balaban J connectivity index is 1.59. The summed E-state index contributed by atoms with van der Waals surface area (Å²) in [5, 5.41) is 5.30. The van der Waals surface area contributed by atoms with Crippen LogP contribution in [-0.2, 0) is 19.6 Å². The summed E-state index contributed by atoms with van der Waals surface area (Å²) in [4.78, 5) is 24.0. The van der Waals surface area contributed by atoms with E-state index in [1.807, 2.05) is 30.3 Å². The first-order chi connectivity index (χ1) is 17.2. The number of nitrogens with two attached hydrogens (primary N) is 1. The molecule has 1 aromatic heterocycles. The number of rotatable bonds is 7. The molecule has 0 saturated carbocycles. The fraction of sp³-hybridized carbons (Fsp3) is 0.0370. The highest BCUT2D eigenvalue weighted by molar-refractivity contribution is 7.90. The van der Waals surface area contributed by atoms with Gasteiger partial charge in [-0.1, -0.05) is 48.5 Å². The molecule has 4 aromatic rings. The molecule has 0 fully saturated rings. The van der Waals surface area contributed by atoms with Crippen molar-refractivity contribution in [3.05, 3.63) is 103 Å². The zero-order chi connectivity index (χ0) is 25.7. The van der Waals surface area contributed by atoms with Crippen LogP contribution in [-0.4, -0.2) is 24.2 Å². The van der Waals surface area contributed by atoms with Gasteiger partial charge in [-0.05, 0) is 53.1 Å². The molecule has 4 rings (SSSR count). The van der Waals surface area contributed by atoms with Gasteiger partial charge in [-0.25, -0.2) is 12.4 Å². The van der Waals surface area contributed by atoms with Gasteiger partial charge in [0.1, 0.15) is 4.90 Å². The Morgan fingerprint density at radius 2 is 1.58 bits per heavy atom. The summed E-state index contributed by atoms with van der Waals surface area (Å²) < 4.78 is 27.9. The maximum atomic E-state index is 13.4. The molecule has 0 aliphatic rings. The number of carbonyl (C=O) groups is 2. The first kappa shape index (κ1) is 24.5. The Hall–Kier alpha value is -4.63. The minimum absolute atomic E-state index is 0.0548. The number of nitrogens with one attached hydrogen (secondary N) is 2. The van der Waals surface area contributed by atoms with Crippen molar-refractivity contribution in [2.45, 2.75) is 11.8 Å². The van der Waals surface area contributed by atoms with Crippen LogP contribution < -0.4 is 16.4 Å². The van der Waals surface area contributed by atoms with Crippen LogP contribution in [0.4, 0.5) is 17.1 Å². The molecule has 4 N–H and O–H groups in total. The summed E-state index contributed by atoms with van der Waals surface area (Å²) in [6.07, 6.45) is 5.55. The van der Waals surface area contributed by atoms with E-state index in [-0.39, 0.29) is 10.6 Å². The molecule has 0 aliphatic carbocycles. The molecule has 3 aromatic carbocycles. The summed E-state index contributed by atoms with van der Waals surface area (Å²) in [6.45, 7) is 1.32. The number of benzene rings is 3. The molecule has 8 nitrogen and oxygen atoms in total.